The standard InChI is InChI=1S/C39H41F6N3O4/c1-6-24-16-28(41)35(36(42)34(24)33-22(4)14-26(40)15-23(33)5)29(18-32(50)51)46-37(52)30(13-21(2)3)48-19-25(27(17-31(48)49)39(43,44)45)7-11-47-12-10-38(20-47)8-9-38/h1,14-17,19,21,29-30H,7-13,18,20H2,2-5H3,(H,46,52)(H,50,51)/t29-,30-/m1/s1. The Labute approximate surface area is 298 Å². The Morgan fingerprint density at radius 2 is 1.69 bits per heavy atom. The van der Waals surface area contributed by atoms with Gasteiger partial charge in [-0.05, 0) is 104 Å². The minimum Gasteiger partial charge on any atom is -0.481 e. The second kappa shape index (κ2) is 14.8. The first-order valence-corrected chi connectivity index (χ1v) is 17.2. The largest absolute Gasteiger partial charge is 0.481 e. The first-order chi connectivity index (χ1) is 24.3. The lowest BCUT2D eigenvalue weighted by atomic mass is 9.88. The summed E-state index contributed by atoms with van der Waals surface area (Å²) >= 11 is 0. The highest BCUT2D eigenvalue weighted by Gasteiger charge is 2.47. The fraction of sp³-hybridized carbons (Fsp3) is 0.462. The number of alkyl halides is 3. The Hall–Kier alpha value is -4.57. The number of terminal acetylenes is 1. The van der Waals surface area contributed by atoms with Crippen LogP contribution in [0.15, 0.2) is 35.3 Å². The summed E-state index contributed by atoms with van der Waals surface area (Å²) in [6, 6.07) is 0.213. The summed E-state index contributed by atoms with van der Waals surface area (Å²) < 4.78 is 90.0. The predicted octanol–water partition coefficient (Wildman–Crippen LogP) is 7.50. The van der Waals surface area contributed by atoms with E-state index in [1.807, 2.05) is 0 Å². The van der Waals surface area contributed by atoms with Crippen LogP contribution in [0, 0.1) is 55.0 Å². The van der Waals surface area contributed by atoms with Crippen LogP contribution in [0.3, 0.4) is 0 Å². The second-order valence-corrected chi connectivity index (χ2v) is 14.6. The average Bonchev–Trinajstić information content (AvgIpc) is 3.67. The third-order valence-electron chi connectivity index (χ3n) is 10.2. The lowest BCUT2D eigenvalue weighted by molar-refractivity contribution is -0.139. The van der Waals surface area contributed by atoms with Crippen molar-refractivity contribution in [3.05, 3.63) is 91.6 Å². The zero-order valence-corrected chi connectivity index (χ0v) is 29.4. The molecular weight excluding hydrogens is 688 g/mol. The first-order valence-electron chi connectivity index (χ1n) is 17.2. The number of nitrogens with one attached hydrogen (secondary N) is 1. The summed E-state index contributed by atoms with van der Waals surface area (Å²) in [6.45, 7) is 8.26. The molecule has 1 amide bonds. The summed E-state index contributed by atoms with van der Waals surface area (Å²) in [5.74, 6) is -3.80. The Bertz CT molecular complexity index is 1970. The van der Waals surface area contributed by atoms with Gasteiger partial charge in [0, 0.05) is 42.0 Å². The van der Waals surface area contributed by atoms with Gasteiger partial charge in [0.2, 0.25) is 5.91 Å². The van der Waals surface area contributed by atoms with Crippen molar-refractivity contribution < 1.29 is 41.0 Å². The van der Waals surface area contributed by atoms with Gasteiger partial charge in [0.05, 0.1) is 18.0 Å². The van der Waals surface area contributed by atoms with Crippen LogP contribution in [-0.2, 0) is 22.2 Å². The Morgan fingerprint density at radius 1 is 1.04 bits per heavy atom. The fourth-order valence-corrected chi connectivity index (χ4v) is 7.46. The summed E-state index contributed by atoms with van der Waals surface area (Å²) in [5, 5.41) is 12.2. The van der Waals surface area contributed by atoms with E-state index in [0.717, 1.165) is 61.3 Å². The van der Waals surface area contributed by atoms with E-state index in [4.69, 9.17) is 6.42 Å². The van der Waals surface area contributed by atoms with E-state index in [1.165, 1.54) is 13.8 Å². The van der Waals surface area contributed by atoms with Gasteiger partial charge in [0.1, 0.15) is 23.5 Å². The molecule has 7 nitrogen and oxygen atoms in total. The Morgan fingerprint density at radius 3 is 2.23 bits per heavy atom. The Balaban J connectivity index is 1.56. The number of benzene rings is 2. The topological polar surface area (TPSA) is 91.6 Å². The van der Waals surface area contributed by atoms with Crippen LogP contribution < -0.4 is 10.9 Å². The van der Waals surface area contributed by atoms with E-state index >= 15 is 8.78 Å². The van der Waals surface area contributed by atoms with Crippen molar-refractivity contribution >= 4 is 11.9 Å². The van der Waals surface area contributed by atoms with Crippen molar-refractivity contribution in [2.45, 2.75) is 84.5 Å². The summed E-state index contributed by atoms with van der Waals surface area (Å²) in [7, 11) is 0. The molecule has 1 aliphatic heterocycles. The number of likely N-dealkylation sites (tertiary alicyclic amines) is 1. The van der Waals surface area contributed by atoms with Crippen LogP contribution in [0.4, 0.5) is 26.3 Å². The molecule has 0 unspecified atom stereocenters. The van der Waals surface area contributed by atoms with Crippen LogP contribution >= 0.6 is 0 Å². The number of hydrogen-bond donors (Lipinski definition) is 2. The summed E-state index contributed by atoms with van der Waals surface area (Å²) in [6.07, 6.45) is 3.80. The molecule has 1 saturated heterocycles. The van der Waals surface area contributed by atoms with Gasteiger partial charge < -0.3 is 19.9 Å². The highest BCUT2D eigenvalue weighted by atomic mass is 19.4. The van der Waals surface area contributed by atoms with Crippen molar-refractivity contribution in [2.75, 3.05) is 19.6 Å². The van der Waals surface area contributed by atoms with Crippen LogP contribution in [0.5, 0.6) is 0 Å². The van der Waals surface area contributed by atoms with E-state index < -0.39 is 70.7 Å². The summed E-state index contributed by atoms with van der Waals surface area (Å²) in [5.41, 5.74) is -2.88. The molecule has 1 spiro atoms. The van der Waals surface area contributed by atoms with Gasteiger partial charge in [-0.2, -0.15) is 13.2 Å². The van der Waals surface area contributed by atoms with Gasteiger partial charge in [0.25, 0.3) is 5.56 Å². The number of carboxylic acids is 1. The maximum atomic E-state index is 16.6. The number of carbonyl (C=O) groups is 2. The number of aryl methyl sites for hydroxylation is 2. The molecule has 3 aromatic rings. The third-order valence-corrected chi connectivity index (χ3v) is 10.2. The van der Waals surface area contributed by atoms with Crippen LogP contribution in [-0.4, -0.2) is 46.1 Å². The number of halogens is 6. The van der Waals surface area contributed by atoms with Crippen molar-refractivity contribution in [2.24, 2.45) is 11.3 Å². The monoisotopic (exact) mass is 729 g/mol. The molecule has 0 bridgehead atoms. The zero-order chi connectivity index (χ0) is 38.3. The van der Waals surface area contributed by atoms with Gasteiger partial charge in [-0.3, -0.25) is 14.4 Å². The third kappa shape index (κ3) is 8.22. The van der Waals surface area contributed by atoms with E-state index in [2.05, 4.69) is 16.1 Å². The van der Waals surface area contributed by atoms with E-state index in [0.29, 0.717) is 12.6 Å². The maximum absolute atomic E-state index is 16.6. The van der Waals surface area contributed by atoms with Crippen LogP contribution in [0.25, 0.3) is 11.1 Å². The second-order valence-electron chi connectivity index (χ2n) is 14.6. The van der Waals surface area contributed by atoms with Gasteiger partial charge in [0.15, 0.2) is 0 Å². The maximum Gasteiger partial charge on any atom is 0.416 e. The molecule has 13 heteroatoms. The van der Waals surface area contributed by atoms with E-state index in [-0.39, 0.29) is 57.6 Å². The number of carboxylic acid groups (broad SMARTS) is 1. The van der Waals surface area contributed by atoms with Gasteiger partial charge in [-0.15, -0.1) is 6.42 Å². The van der Waals surface area contributed by atoms with Gasteiger partial charge in [-0.25, -0.2) is 13.2 Å². The molecule has 1 aliphatic carbocycles. The van der Waals surface area contributed by atoms with Gasteiger partial charge >= 0.3 is 12.1 Å². The summed E-state index contributed by atoms with van der Waals surface area (Å²) in [4.78, 5) is 41.5. The molecule has 2 atom stereocenters. The highest BCUT2D eigenvalue weighted by Crippen LogP contribution is 2.52. The molecule has 1 aromatic heterocycles. The molecule has 278 valence electrons. The number of rotatable bonds is 12. The van der Waals surface area contributed by atoms with E-state index in [1.54, 1.807) is 13.8 Å². The smallest absolute Gasteiger partial charge is 0.416 e. The molecule has 2 N–H and O–H groups in total. The molecule has 52 heavy (non-hydrogen) atoms. The molecule has 0 radical (unpaired) electrons. The molecule has 1 saturated carbocycles. The minimum absolute atomic E-state index is 0.0498. The average molecular weight is 730 g/mol. The number of pyridine rings is 1. The fourth-order valence-electron chi connectivity index (χ4n) is 7.46. The van der Waals surface area contributed by atoms with E-state index in [9.17, 15) is 37.1 Å². The van der Waals surface area contributed by atoms with Gasteiger partial charge in [-0.1, -0.05) is 19.8 Å². The molecular formula is C39H41F6N3O4. The SMILES string of the molecule is C#Cc1cc(F)c([C@@H](CC(=O)O)NC(=O)[C@@H](CC(C)C)n2cc(CCN3CCC4(CC4)C3)c(C(F)(F)F)cc2=O)c(F)c1-c1c(C)cc(F)cc1C. The molecule has 2 fully saturated rings. The normalized spacial score (nSPS) is 16.6. The van der Waals surface area contributed by atoms with Crippen molar-refractivity contribution in [1.82, 2.24) is 14.8 Å². The minimum atomic E-state index is -4.85. The highest BCUT2D eigenvalue weighted by molar-refractivity contribution is 5.83. The molecule has 2 aliphatic rings. The Kier molecular flexibility index (Phi) is 11.0. The molecule has 2 aromatic carbocycles. The first kappa shape index (κ1) is 38.7. The quantitative estimate of drug-likeness (QED) is 0.149. The van der Waals surface area contributed by atoms with Crippen LogP contribution in [0.1, 0.15) is 91.4 Å². The number of amides is 1. The molecule has 2 heterocycles. The van der Waals surface area contributed by atoms with Crippen LogP contribution in [0.2, 0.25) is 0 Å². The number of aromatic nitrogens is 1. The lowest BCUT2D eigenvalue weighted by Crippen LogP contribution is -2.41. The lowest BCUT2D eigenvalue weighted by Gasteiger charge is -2.27. The van der Waals surface area contributed by atoms with Crippen molar-refractivity contribution in [3.8, 4) is 23.5 Å². The molecule has 5 rings (SSSR count). The zero-order valence-electron chi connectivity index (χ0n) is 29.4. The number of aliphatic carboxylic acids is 1. The number of hydrogen-bond acceptors (Lipinski definition) is 4. The van der Waals surface area contributed by atoms with Crippen molar-refractivity contribution in [3.63, 3.8) is 0 Å². The number of nitrogens with zero attached hydrogens (tertiary/aromatic N) is 2. The predicted molar refractivity (Wildman–Crippen MR) is 183 cm³/mol. The van der Waals surface area contributed by atoms with Crippen molar-refractivity contribution in [1.29, 1.82) is 0 Å². The number of carbonyl (C=O) groups excluding carboxylic acids is 1.